The largest absolute Gasteiger partial charge is 0.464 e. The predicted molar refractivity (Wildman–Crippen MR) is 112 cm³/mol. The summed E-state index contributed by atoms with van der Waals surface area (Å²) in [6.07, 6.45) is 7.86. The number of nitrogens with one attached hydrogen (secondary N) is 1. The van der Waals surface area contributed by atoms with E-state index in [0.717, 1.165) is 59.9 Å². The molecule has 0 saturated heterocycles. The Labute approximate surface area is 167 Å². The maximum Gasteiger partial charge on any atom is 0.134 e. The van der Waals surface area contributed by atoms with Crippen molar-refractivity contribution in [3.05, 3.63) is 77.4 Å². The number of furan rings is 1. The molecule has 2 aromatic heterocycles. The molecule has 0 spiro atoms. The third-order valence-electron chi connectivity index (χ3n) is 5.76. The second-order valence-electron chi connectivity index (χ2n) is 7.51. The van der Waals surface area contributed by atoms with E-state index in [4.69, 9.17) is 4.42 Å². The lowest BCUT2D eigenvalue weighted by molar-refractivity contribution is 0.306. The standard InChI is InChI=1S/C24H20FN3O/c25-19-2-4-24-20(12-19)18(15-29-24)7-10-28-8-5-17(6-9-28)22-14-27-23-3-1-16(13-26)11-21(22)23/h1-5,11-12,14-15,27H,6-10H2. The van der Waals surface area contributed by atoms with Gasteiger partial charge in [0, 0.05) is 47.7 Å². The van der Waals surface area contributed by atoms with Crippen molar-refractivity contribution in [2.75, 3.05) is 19.6 Å². The van der Waals surface area contributed by atoms with Crippen LogP contribution in [0.25, 0.3) is 27.4 Å². The predicted octanol–water partition coefficient (Wildman–Crippen LogP) is 5.26. The number of hydrogen-bond donors (Lipinski definition) is 1. The lowest BCUT2D eigenvalue weighted by Gasteiger charge is -2.26. The van der Waals surface area contributed by atoms with E-state index in [9.17, 15) is 9.65 Å². The fourth-order valence-electron chi connectivity index (χ4n) is 4.14. The molecule has 2 aromatic carbocycles. The number of aromatic nitrogens is 1. The van der Waals surface area contributed by atoms with E-state index in [1.807, 2.05) is 24.4 Å². The quantitative estimate of drug-likeness (QED) is 0.521. The highest BCUT2D eigenvalue weighted by atomic mass is 19.1. The Morgan fingerprint density at radius 3 is 2.93 bits per heavy atom. The molecule has 5 heteroatoms. The zero-order chi connectivity index (χ0) is 19.8. The Bertz CT molecular complexity index is 1270. The Kier molecular flexibility index (Phi) is 4.42. The molecule has 1 aliphatic rings. The van der Waals surface area contributed by atoms with Crippen molar-refractivity contribution in [3.63, 3.8) is 0 Å². The van der Waals surface area contributed by atoms with Crippen molar-refractivity contribution in [1.29, 1.82) is 5.26 Å². The van der Waals surface area contributed by atoms with Gasteiger partial charge in [0.2, 0.25) is 0 Å². The van der Waals surface area contributed by atoms with Crippen LogP contribution < -0.4 is 0 Å². The normalized spacial score (nSPS) is 15.0. The van der Waals surface area contributed by atoms with Crippen LogP contribution in [0.3, 0.4) is 0 Å². The summed E-state index contributed by atoms with van der Waals surface area (Å²) in [4.78, 5) is 5.71. The number of nitriles is 1. The molecular weight excluding hydrogens is 365 g/mol. The lowest BCUT2D eigenvalue weighted by atomic mass is 9.98. The molecule has 0 fully saturated rings. The van der Waals surface area contributed by atoms with Gasteiger partial charge in [-0.3, -0.25) is 4.90 Å². The highest BCUT2D eigenvalue weighted by Gasteiger charge is 2.17. The van der Waals surface area contributed by atoms with Gasteiger partial charge in [0.05, 0.1) is 17.9 Å². The fraction of sp³-hybridized carbons (Fsp3) is 0.208. The summed E-state index contributed by atoms with van der Waals surface area (Å²) in [6.45, 7) is 2.76. The molecule has 0 saturated carbocycles. The molecule has 0 bridgehead atoms. The smallest absolute Gasteiger partial charge is 0.134 e. The zero-order valence-electron chi connectivity index (χ0n) is 15.9. The molecule has 3 heterocycles. The molecule has 4 aromatic rings. The first-order chi connectivity index (χ1) is 14.2. The molecule has 4 nitrogen and oxygen atoms in total. The van der Waals surface area contributed by atoms with E-state index in [0.29, 0.717) is 5.56 Å². The van der Waals surface area contributed by atoms with Crippen LogP contribution in [0.4, 0.5) is 4.39 Å². The van der Waals surface area contributed by atoms with Crippen LogP contribution in [0.5, 0.6) is 0 Å². The van der Waals surface area contributed by atoms with Crippen molar-refractivity contribution in [2.24, 2.45) is 0 Å². The minimum atomic E-state index is -0.232. The van der Waals surface area contributed by atoms with Crippen LogP contribution in [0, 0.1) is 17.1 Å². The first-order valence-corrected chi connectivity index (χ1v) is 9.80. The van der Waals surface area contributed by atoms with Gasteiger partial charge in [-0.2, -0.15) is 5.26 Å². The van der Waals surface area contributed by atoms with E-state index in [1.165, 1.54) is 17.2 Å². The van der Waals surface area contributed by atoms with Crippen LogP contribution in [-0.2, 0) is 6.42 Å². The van der Waals surface area contributed by atoms with Crippen molar-refractivity contribution < 1.29 is 8.81 Å². The number of fused-ring (bicyclic) bond motifs is 2. The summed E-state index contributed by atoms with van der Waals surface area (Å²) < 4.78 is 19.1. The van der Waals surface area contributed by atoms with Gasteiger partial charge in [-0.25, -0.2) is 4.39 Å². The van der Waals surface area contributed by atoms with Crippen LogP contribution in [-0.4, -0.2) is 29.5 Å². The average Bonchev–Trinajstić information content (AvgIpc) is 3.36. The number of benzene rings is 2. The van der Waals surface area contributed by atoms with Gasteiger partial charge < -0.3 is 9.40 Å². The van der Waals surface area contributed by atoms with E-state index < -0.39 is 0 Å². The van der Waals surface area contributed by atoms with E-state index in [2.05, 4.69) is 22.0 Å². The second kappa shape index (κ2) is 7.23. The number of rotatable bonds is 4. The minimum Gasteiger partial charge on any atom is -0.464 e. The van der Waals surface area contributed by atoms with Crippen molar-refractivity contribution in [1.82, 2.24) is 9.88 Å². The first kappa shape index (κ1) is 17.7. The third-order valence-corrected chi connectivity index (χ3v) is 5.76. The summed E-state index contributed by atoms with van der Waals surface area (Å²) in [5.74, 6) is -0.232. The monoisotopic (exact) mass is 385 g/mol. The number of nitrogens with zero attached hydrogens (tertiary/aromatic N) is 2. The Balaban J connectivity index is 1.29. The Hall–Kier alpha value is -3.36. The van der Waals surface area contributed by atoms with Gasteiger partial charge >= 0.3 is 0 Å². The highest BCUT2D eigenvalue weighted by Crippen LogP contribution is 2.30. The highest BCUT2D eigenvalue weighted by molar-refractivity contribution is 5.93. The number of aromatic amines is 1. The Morgan fingerprint density at radius 2 is 2.10 bits per heavy atom. The van der Waals surface area contributed by atoms with Crippen LogP contribution in [0.2, 0.25) is 0 Å². The fourth-order valence-corrected chi connectivity index (χ4v) is 4.14. The van der Waals surface area contributed by atoms with Gasteiger partial charge in [0.15, 0.2) is 0 Å². The molecule has 1 aliphatic heterocycles. The molecule has 0 atom stereocenters. The van der Waals surface area contributed by atoms with Crippen LogP contribution in [0.15, 0.2) is 59.4 Å². The summed E-state index contributed by atoms with van der Waals surface area (Å²) in [5, 5.41) is 11.2. The summed E-state index contributed by atoms with van der Waals surface area (Å²) in [5.41, 5.74) is 6.03. The molecule has 0 radical (unpaired) electrons. The van der Waals surface area contributed by atoms with Crippen LogP contribution in [0.1, 0.15) is 23.1 Å². The number of halogens is 1. The molecular formula is C24H20FN3O. The number of H-pyrrole nitrogens is 1. The maximum absolute atomic E-state index is 13.5. The van der Waals surface area contributed by atoms with Gasteiger partial charge in [0.25, 0.3) is 0 Å². The first-order valence-electron chi connectivity index (χ1n) is 9.80. The van der Waals surface area contributed by atoms with Crippen molar-refractivity contribution >= 4 is 27.4 Å². The average molecular weight is 385 g/mol. The molecule has 5 rings (SSSR count). The van der Waals surface area contributed by atoms with Crippen molar-refractivity contribution in [3.8, 4) is 6.07 Å². The maximum atomic E-state index is 13.5. The van der Waals surface area contributed by atoms with Gasteiger partial charge in [-0.05, 0) is 60.4 Å². The van der Waals surface area contributed by atoms with Crippen molar-refractivity contribution in [2.45, 2.75) is 12.8 Å². The molecule has 0 unspecified atom stereocenters. The van der Waals surface area contributed by atoms with Gasteiger partial charge in [0.1, 0.15) is 11.4 Å². The summed E-state index contributed by atoms with van der Waals surface area (Å²) >= 11 is 0. The van der Waals surface area contributed by atoms with Crippen LogP contribution >= 0.6 is 0 Å². The SMILES string of the molecule is N#Cc1ccc2[nH]cc(C3=CCN(CCc4coc5ccc(F)cc45)CC3)c2c1. The van der Waals surface area contributed by atoms with E-state index in [-0.39, 0.29) is 5.82 Å². The molecule has 0 amide bonds. The minimum absolute atomic E-state index is 0.232. The molecule has 0 aliphatic carbocycles. The zero-order valence-corrected chi connectivity index (χ0v) is 15.9. The van der Waals surface area contributed by atoms with E-state index >= 15 is 0 Å². The molecule has 144 valence electrons. The Morgan fingerprint density at radius 1 is 1.17 bits per heavy atom. The van der Waals surface area contributed by atoms with Gasteiger partial charge in [-0.1, -0.05) is 6.08 Å². The van der Waals surface area contributed by atoms with Gasteiger partial charge in [-0.15, -0.1) is 0 Å². The number of hydrogen-bond acceptors (Lipinski definition) is 3. The van der Waals surface area contributed by atoms with E-state index in [1.54, 1.807) is 18.4 Å². The topological polar surface area (TPSA) is 56.0 Å². The third kappa shape index (κ3) is 3.32. The molecule has 29 heavy (non-hydrogen) atoms. The summed E-state index contributed by atoms with van der Waals surface area (Å²) in [6, 6.07) is 12.6. The lowest BCUT2D eigenvalue weighted by Crippen LogP contribution is -2.30. The summed E-state index contributed by atoms with van der Waals surface area (Å²) in [7, 11) is 0. The molecule has 1 N–H and O–H groups in total. The second-order valence-corrected chi connectivity index (χ2v) is 7.51.